The zero-order chi connectivity index (χ0) is 13.7. The van der Waals surface area contributed by atoms with E-state index in [4.69, 9.17) is 4.74 Å². The van der Waals surface area contributed by atoms with Crippen molar-refractivity contribution in [3.63, 3.8) is 0 Å². The zero-order valence-corrected chi connectivity index (χ0v) is 12.2. The molecule has 1 aliphatic heterocycles. The first-order valence-electron chi connectivity index (χ1n) is 6.27. The Morgan fingerprint density at radius 1 is 1.32 bits per heavy atom. The summed E-state index contributed by atoms with van der Waals surface area (Å²) in [6.45, 7) is 1.54. The Balaban J connectivity index is 1.73. The van der Waals surface area contributed by atoms with E-state index < -0.39 is 0 Å². The number of nitrogens with zero attached hydrogens (tertiary/aromatic N) is 1. The van der Waals surface area contributed by atoms with Gasteiger partial charge in [0.1, 0.15) is 12.4 Å². The summed E-state index contributed by atoms with van der Waals surface area (Å²) in [5.41, 5.74) is 1.02. The second-order valence-corrected chi connectivity index (χ2v) is 5.46. The maximum Gasteiger partial charge on any atom is 0.248 e. The Bertz CT molecular complexity index is 466. The van der Waals surface area contributed by atoms with Gasteiger partial charge in [-0.15, -0.1) is 0 Å². The highest BCUT2D eigenvalue weighted by atomic mass is 79.9. The van der Waals surface area contributed by atoms with E-state index in [0.29, 0.717) is 32.5 Å². The number of halogens is 1. The summed E-state index contributed by atoms with van der Waals surface area (Å²) in [7, 11) is 0. The summed E-state index contributed by atoms with van der Waals surface area (Å²) < 4.78 is 6.41. The predicted octanol–water partition coefficient (Wildman–Crippen LogP) is 2.16. The minimum atomic E-state index is -0.0394. The molecule has 0 spiro atoms. The van der Waals surface area contributed by atoms with Crippen LogP contribution in [0.1, 0.15) is 18.4 Å². The minimum absolute atomic E-state index is 0.0394. The first-order chi connectivity index (χ1) is 9.15. The fourth-order valence-corrected chi connectivity index (χ4v) is 2.43. The normalized spacial score (nSPS) is 15.6. The van der Waals surface area contributed by atoms with Crippen molar-refractivity contribution in [2.24, 2.45) is 0 Å². The highest BCUT2D eigenvalue weighted by molar-refractivity contribution is 9.10. The summed E-state index contributed by atoms with van der Waals surface area (Å²) >= 11 is 3.39. The second kappa shape index (κ2) is 6.82. The van der Waals surface area contributed by atoms with Gasteiger partial charge in [0.05, 0.1) is 6.61 Å². The van der Waals surface area contributed by atoms with Crippen LogP contribution in [0.4, 0.5) is 0 Å². The average molecular weight is 326 g/mol. The van der Waals surface area contributed by atoms with E-state index in [1.807, 2.05) is 24.3 Å². The summed E-state index contributed by atoms with van der Waals surface area (Å²) in [6, 6.07) is 7.79. The first-order valence-corrected chi connectivity index (χ1v) is 7.06. The molecule has 0 saturated carbocycles. The lowest BCUT2D eigenvalue weighted by Crippen LogP contribution is -2.40. The molecule has 0 aliphatic carbocycles. The predicted molar refractivity (Wildman–Crippen MR) is 74.6 cm³/mol. The van der Waals surface area contributed by atoms with Crippen LogP contribution in [0.15, 0.2) is 28.7 Å². The van der Waals surface area contributed by atoms with E-state index in [9.17, 15) is 9.59 Å². The van der Waals surface area contributed by atoms with Gasteiger partial charge in [-0.1, -0.05) is 28.1 Å². The molecule has 2 rings (SSSR count). The Morgan fingerprint density at radius 2 is 2.05 bits per heavy atom. The topological polar surface area (TPSA) is 46.6 Å². The molecule has 1 aromatic carbocycles. The van der Waals surface area contributed by atoms with Gasteiger partial charge >= 0.3 is 0 Å². The van der Waals surface area contributed by atoms with Gasteiger partial charge in [0.25, 0.3) is 0 Å². The van der Waals surface area contributed by atoms with E-state index in [1.165, 1.54) is 0 Å². The van der Waals surface area contributed by atoms with Crippen LogP contribution in [0, 0.1) is 0 Å². The highest BCUT2D eigenvalue weighted by Crippen LogP contribution is 2.12. The van der Waals surface area contributed by atoms with E-state index in [-0.39, 0.29) is 18.3 Å². The van der Waals surface area contributed by atoms with Crippen molar-refractivity contribution in [3.05, 3.63) is 34.3 Å². The first kappa shape index (κ1) is 14.2. The molecule has 0 aromatic heterocycles. The largest absolute Gasteiger partial charge is 0.367 e. The number of benzene rings is 1. The molecule has 102 valence electrons. The molecule has 0 bridgehead atoms. The molecule has 5 heteroatoms. The Morgan fingerprint density at radius 3 is 2.74 bits per heavy atom. The molecule has 0 atom stereocenters. The van der Waals surface area contributed by atoms with Crippen LogP contribution in [0.5, 0.6) is 0 Å². The van der Waals surface area contributed by atoms with Crippen LogP contribution < -0.4 is 0 Å². The third kappa shape index (κ3) is 4.44. The number of ketones is 1. The molecule has 0 radical (unpaired) electrons. The van der Waals surface area contributed by atoms with Crippen molar-refractivity contribution in [2.75, 3.05) is 19.7 Å². The number of carbonyl (C=O) groups excluding carboxylic acids is 2. The lowest BCUT2D eigenvalue weighted by Gasteiger charge is -2.25. The zero-order valence-electron chi connectivity index (χ0n) is 10.6. The molecule has 1 aliphatic rings. The number of piperidine rings is 1. The van der Waals surface area contributed by atoms with Gasteiger partial charge < -0.3 is 9.64 Å². The lowest BCUT2D eigenvalue weighted by molar-refractivity contribution is -0.139. The van der Waals surface area contributed by atoms with Crippen molar-refractivity contribution in [2.45, 2.75) is 19.4 Å². The maximum absolute atomic E-state index is 11.8. The van der Waals surface area contributed by atoms with E-state index in [1.54, 1.807) is 4.90 Å². The quantitative estimate of drug-likeness (QED) is 0.852. The molecule has 1 heterocycles. The summed E-state index contributed by atoms with van der Waals surface area (Å²) in [6.07, 6.45) is 0.939. The Kier molecular flexibility index (Phi) is 5.10. The van der Waals surface area contributed by atoms with Gasteiger partial charge in [-0.25, -0.2) is 0 Å². The van der Waals surface area contributed by atoms with Crippen molar-refractivity contribution < 1.29 is 14.3 Å². The van der Waals surface area contributed by atoms with Crippen LogP contribution in [-0.2, 0) is 20.9 Å². The smallest absolute Gasteiger partial charge is 0.248 e. The highest BCUT2D eigenvalue weighted by Gasteiger charge is 2.20. The van der Waals surface area contributed by atoms with Crippen molar-refractivity contribution >= 4 is 27.6 Å². The standard InChI is InChI=1S/C14H16BrNO3/c15-12-3-1-2-11(8-12)9-19-10-14(18)16-6-4-13(17)5-7-16/h1-3,8H,4-7,9-10H2. The fraction of sp³-hybridized carbons (Fsp3) is 0.429. The summed E-state index contributed by atoms with van der Waals surface area (Å²) in [5.74, 6) is 0.196. The number of likely N-dealkylation sites (tertiary alicyclic amines) is 1. The molecule has 0 N–H and O–H groups in total. The van der Waals surface area contributed by atoms with Gasteiger partial charge in [0.2, 0.25) is 5.91 Å². The molecule has 1 saturated heterocycles. The molecular weight excluding hydrogens is 310 g/mol. The summed E-state index contributed by atoms with van der Waals surface area (Å²) in [5, 5.41) is 0. The fourth-order valence-electron chi connectivity index (χ4n) is 1.98. The van der Waals surface area contributed by atoms with E-state index in [0.717, 1.165) is 10.0 Å². The maximum atomic E-state index is 11.8. The Hall–Kier alpha value is -1.20. The molecule has 1 amide bonds. The number of amides is 1. The number of hydrogen-bond donors (Lipinski definition) is 0. The number of rotatable bonds is 4. The minimum Gasteiger partial charge on any atom is -0.367 e. The van der Waals surface area contributed by atoms with Crippen molar-refractivity contribution in [1.29, 1.82) is 0 Å². The number of carbonyl (C=O) groups is 2. The van der Waals surface area contributed by atoms with Crippen LogP contribution in [-0.4, -0.2) is 36.3 Å². The average Bonchev–Trinajstić information content (AvgIpc) is 2.39. The monoisotopic (exact) mass is 325 g/mol. The van der Waals surface area contributed by atoms with Gasteiger partial charge in [0.15, 0.2) is 0 Å². The van der Waals surface area contributed by atoms with Crippen LogP contribution in [0.2, 0.25) is 0 Å². The number of ether oxygens (including phenoxy) is 1. The van der Waals surface area contributed by atoms with Gasteiger partial charge in [0, 0.05) is 30.4 Å². The molecule has 19 heavy (non-hydrogen) atoms. The molecule has 0 unspecified atom stereocenters. The van der Waals surface area contributed by atoms with E-state index >= 15 is 0 Å². The number of Topliss-reactive ketones (excluding diaryl/α,β-unsaturated/α-hetero) is 1. The van der Waals surface area contributed by atoms with Crippen LogP contribution >= 0.6 is 15.9 Å². The van der Waals surface area contributed by atoms with Crippen LogP contribution in [0.25, 0.3) is 0 Å². The molecule has 1 aromatic rings. The van der Waals surface area contributed by atoms with Gasteiger partial charge in [-0.3, -0.25) is 9.59 Å². The molecular formula is C14H16BrNO3. The van der Waals surface area contributed by atoms with Crippen molar-refractivity contribution in [1.82, 2.24) is 4.90 Å². The molecule has 4 nitrogen and oxygen atoms in total. The van der Waals surface area contributed by atoms with Crippen LogP contribution in [0.3, 0.4) is 0 Å². The number of hydrogen-bond acceptors (Lipinski definition) is 3. The van der Waals surface area contributed by atoms with Crippen molar-refractivity contribution in [3.8, 4) is 0 Å². The Labute approximate surface area is 120 Å². The lowest BCUT2D eigenvalue weighted by atomic mass is 10.1. The van der Waals surface area contributed by atoms with Gasteiger partial charge in [-0.05, 0) is 17.7 Å². The second-order valence-electron chi connectivity index (χ2n) is 4.54. The van der Waals surface area contributed by atoms with E-state index in [2.05, 4.69) is 15.9 Å². The summed E-state index contributed by atoms with van der Waals surface area (Å²) in [4.78, 5) is 24.6. The molecule has 1 fully saturated rings. The SMILES string of the molecule is O=C1CCN(C(=O)COCc2cccc(Br)c2)CC1. The third-order valence-corrected chi connectivity index (χ3v) is 3.55. The van der Waals surface area contributed by atoms with Gasteiger partial charge in [-0.2, -0.15) is 0 Å². The third-order valence-electron chi connectivity index (χ3n) is 3.06.